The summed E-state index contributed by atoms with van der Waals surface area (Å²) in [6.07, 6.45) is 5.55. The smallest absolute Gasteiger partial charge is 0.466 e. The highest BCUT2D eigenvalue weighted by atomic mass is 31.2. The van der Waals surface area contributed by atoms with E-state index in [4.69, 9.17) is 18.5 Å². The molecule has 39 heavy (non-hydrogen) atoms. The van der Waals surface area contributed by atoms with Gasteiger partial charge in [-0.1, -0.05) is 38.0 Å². The van der Waals surface area contributed by atoms with Crippen molar-refractivity contribution < 1.29 is 37.6 Å². The molecule has 212 valence electrons. The van der Waals surface area contributed by atoms with Crippen molar-refractivity contribution in [3.63, 3.8) is 0 Å². The van der Waals surface area contributed by atoms with Crippen LogP contribution in [-0.4, -0.2) is 35.6 Å². The number of esters is 2. The van der Waals surface area contributed by atoms with Gasteiger partial charge in [0.15, 0.2) is 0 Å². The molecule has 1 aliphatic carbocycles. The molecule has 0 amide bonds. The number of unbranched alkanes of at least 4 members (excludes halogenated alkanes) is 1. The minimum absolute atomic E-state index is 0.0192. The topological polar surface area (TPSA) is 143 Å². The van der Waals surface area contributed by atoms with Crippen molar-refractivity contribution in [3.8, 4) is 11.5 Å². The summed E-state index contributed by atoms with van der Waals surface area (Å²) in [4.78, 5) is 36.0. The molecule has 0 radical (unpaired) electrons. The van der Waals surface area contributed by atoms with Gasteiger partial charge in [0.05, 0.1) is 11.5 Å². The van der Waals surface area contributed by atoms with Crippen LogP contribution in [0.2, 0.25) is 0 Å². The lowest BCUT2D eigenvalue weighted by atomic mass is 9.98. The highest BCUT2D eigenvalue weighted by Crippen LogP contribution is 2.46. The highest BCUT2D eigenvalue weighted by molar-refractivity contribution is 7.52. The second kappa shape index (κ2) is 15.2. The van der Waals surface area contributed by atoms with Gasteiger partial charge in [-0.05, 0) is 62.8 Å². The van der Waals surface area contributed by atoms with Crippen molar-refractivity contribution >= 4 is 25.4 Å². The third-order valence-electron chi connectivity index (χ3n) is 6.07. The average Bonchev–Trinajstić information content (AvgIpc) is 2.92. The molecule has 2 unspecified atom stereocenters. The number of hydrogen-bond donors (Lipinski definition) is 1. The molecule has 0 spiro atoms. The molecule has 2 aromatic rings. The zero-order valence-electron chi connectivity index (χ0n) is 22.0. The van der Waals surface area contributed by atoms with Crippen LogP contribution in [0, 0.1) is 10.1 Å². The van der Waals surface area contributed by atoms with Gasteiger partial charge in [0, 0.05) is 18.6 Å². The van der Waals surface area contributed by atoms with Crippen LogP contribution in [0.5, 0.6) is 11.5 Å². The maximum Gasteiger partial charge on any atom is 0.513 e. The Bertz CT molecular complexity index is 1120. The largest absolute Gasteiger partial charge is 0.513 e. The number of hydrogen-bond acceptors (Lipinski definition) is 9. The number of nitro groups is 1. The van der Waals surface area contributed by atoms with E-state index in [0.29, 0.717) is 0 Å². The van der Waals surface area contributed by atoms with Crippen molar-refractivity contribution in [2.45, 2.75) is 76.9 Å². The first kappa shape index (κ1) is 30.1. The van der Waals surface area contributed by atoms with Crippen LogP contribution in [0.3, 0.4) is 0 Å². The van der Waals surface area contributed by atoms with Crippen molar-refractivity contribution in [3.05, 3.63) is 64.7 Å². The minimum atomic E-state index is -4.32. The van der Waals surface area contributed by atoms with Gasteiger partial charge in [-0.3, -0.25) is 19.7 Å². The molecule has 1 aliphatic rings. The van der Waals surface area contributed by atoms with E-state index in [1.165, 1.54) is 24.3 Å². The molecule has 1 N–H and O–H groups in total. The molecule has 1 fully saturated rings. The first-order chi connectivity index (χ1) is 18.8. The SMILES string of the molecule is CCCCOC(=O)CCC(NP(=O)(Oc1ccccc1)Oc1ccc([N+](=O)[O-])cc1)C(=O)OC1CCCCC1. The molecule has 11 nitrogen and oxygen atoms in total. The predicted octanol–water partition coefficient (Wildman–Crippen LogP) is 6.12. The lowest BCUT2D eigenvalue weighted by molar-refractivity contribution is -0.384. The molecule has 2 aromatic carbocycles. The summed E-state index contributed by atoms with van der Waals surface area (Å²) >= 11 is 0. The van der Waals surface area contributed by atoms with Crippen LogP contribution >= 0.6 is 7.75 Å². The molecule has 12 heteroatoms. The van der Waals surface area contributed by atoms with Crippen molar-refractivity contribution in [2.75, 3.05) is 6.61 Å². The van der Waals surface area contributed by atoms with Crippen molar-refractivity contribution in [1.29, 1.82) is 0 Å². The van der Waals surface area contributed by atoms with E-state index in [0.717, 1.165) is 44.9 Å². The average molecular weight is 563 g/mol. The lowest BCUT2D eigenvalue weighted by Gasteiger charge is -2.27. The number of nitrogens with zero attached hydrogens (tertiary/aromatic N) is 1. The third kappa shape index (κ3) is 10.3. The van der Waals surface area contributed by atoms with Crippen LogP contribution in [0.25, 0.3) is 0 Å². The van der Waals surface area contributed by atoms with Gasteiger partial charge in [-0.15, -0.1) is 0 Å². The molecule has 0 aromatic heterocycles. The second-order valence-corrected chi connectivity index (χ2v) is 10.9. The Morgan fingerprint density at radius 2 is 1.67 bits per heavy atom. The maximum atomic E-state index is 14.0. The molecule has 0 saturated heterocycles. The Hall–Kier alpha value is -3.43. The van der Waals surface area contributed by atoms with Gasteiger partial charge < -0.3 is 18.5 Å². The Morgan fingerprint density at radius 1 is 1.03 bits per heavy atom. The number of non-ortho nitro benzene ring substituents is 1. The van der Waals surface area contributed by atoms with E-state index >= 15 is 0 Å². The van der Waals surface area contributed by atoms with Crippen LogP contribution in [0.15, 0.2) is 54.6 Å². The maximum absolute atomic E-state index is 14.0. The van der Waals surface area contributed by atoms with Crippen LogP contribution in [-0.2, 0) is 23.6 Å². The van der Waals surface area contributed by atoms with E-state index in [1.807, 2.05) is 6.92 Å². The zero-order valence-corrected chi connectivity index (χ0v) is 22.9. The molecule has 0 aliphatic heterocycles. The van der Waals surface area contributed by atoms with Gasteiger partial charge >= 0.3 is 19.7 Å². The first-order valence-corrected chi connectivity index (χ1v) is 14.7. The molecule has 0 heterocycles. The Kier molecular flexibility index (Phi) is 11.8. The summed E-state index contributed by atoms with van der Waals surface area (Å²) < 4.78 is 36.3. The molecule has 3 rings (SSSR count). The molecule has 0 bridgehead atoms. The summed E-state index contributed by atoms with van der Waals surface area (Å²) in [5.74, 6) is -0.942. The van der Waals surface area contributed by atoms with Gasteiger partial charge in [-0.25, -0.2) is 4.57 Å². The standard InChI is InChI=1S/C27H35N2O9P/c1-2-3-20-35-26(30)19-18-25(27(31)36-22-10-6-4-7-11-22)28-39(34,37-23-12-8-5-9-13-23)38-24-16-14-21(15-17-24)29(32)33/h5,8-9,12-17,22,25H,2-4,6-7,10-11,18-20H2,1H3,(H,28,34). The first-order valence-electron chi connectivity index (χ1n) is 13.2. The Morgan fingerprint density at radius 3 is 2.28 bits per heavy atom. The summed E-state index contributed by atoms with van der Waals surface area (Å²) in [6, 6.07) is 12.0. The van der Waals surface area contributed by atoms with Crippen LogP contribution < -0.4 is 14.1 Å². The summed E-state index contributed by atoms with van der Waals surface area (Å²) in [5, 5.41) is 13.7. The lowest BCUT2D eigenvalue weighted by Crippen LogP contribution is -2.40. The molecule has 1 saturated carbocycles. The van der Waals surface area contributed by atoms with E-state index in [-0.39, 0.29) is 42.7 Å². The minimum Gasteiger partial charge on any atom is -0.466 e. The second-order valence-electron chi connectivity index (χ2n) is 9.24. The van der Waals surface area contributed by atoms with Gasteiger partial charge in [0.2, 0.25) is 0 Å². The number of ether oxygens (including phenoxy) is 2. The number of carbonyl (C=O) groups excluding carboxylic acids is 2. The number of nitrogens with one attached hydrogen (secondary N) is 1. The number of rotatable bonds is 15. The number of para-hydroxylation sites is 1. The van der Waals surface area contributed by atoms with Gasteiger partial charge in [-0.2, -0.15) is 5.09 Å². The molecular formula is C27H35N2O9P. The number of benzene rings is 2. The normalized spacial score (nSPS) is 15.9. The fourth-order valence-corrected chi connectivity index (χ4v) is 5.54. The number of nitro benzene ring substituents is 1. The fourth-order valence-electron chi connectivity index (χ4n) is 3.98. The van der Waals surface area contributed by atoms with E-state index in [2.05, 4.69) is 5.09 Å². The van der Waals surface area contributed by atoms with E-state index < -0.39 is 30.7 Å². The Labute approximate surface area is 227 Å². The van der Waals surface area contributed by atoms with Crippen molar-refractivity contribution in [1.82, 2.24) is 5.09 Å². The predicted molar refractivity (Wildman–Crippen MR) is 143 cm³/mol. The van der Waals surface area contributed by atoms with Crippen LogP contribution in [0.1, 0.15) is 64.7 Å². The summed E-state index contributed by atoms with van der Waals surface area (Å²) in [5.41, 5.74) is -0.176. The Balaban J connectivity index is 1.81. The van der Waals surface area contributed by atoms with E-state index in [9.17, 15) is 24.3 Å². The fraction of sp³-hybridized carbons (Fsp3) is 0.481. The monoisotopic (exact) mass is 562 g/mol. The highest BCUT2D eigenvalue weighted by Gasteiger charge is 2.37. The van der Waals surface area contributed by atoms with E-state index in [1.54, 1.807) is 30.3 Å². The summed E-state index contributed by atoms with van der Waals surface area (Å²) in [6.45, 7) is 2.25. The summed E-state index contributed by atoms with van der Waals surface area (Å²) in [7, 11) is -4.32. The quantitative estimate of drug-likeness (QED) is 0.0886. The molecule has 2 atom stereocenters. The van der Waals surface area contributed by atoms with Gasteiger partial charge in [0.25, 0.3) is 5.69 Å². The molecular weight excluding hydrogens is 527 g/mol. The van der Waals surface area contributed by atoms with Gasteiger partial charge in [0.1, 0.15) is 23.6 Å². The zero-order chi connectivity index (χ0) is 28.1. The van der Waals surface area contributed by atoms with Crippen molar-refractivity contribution in [2.24, 2.45) is 0 Å². The number of carbonyl (C=O) groups is 2. The third-order valence-corrected chi connectivity index (χ3v) is 7.60. The van der Waals surface area contributed by atoms with Crippen LogP contribution in [0.4, 0.5) is 5.69 Å².